The lowest BCUT2D eigenvalue weighted by molar-refractivity contribution is -0.119. The molecule has 1 N–H and O–H groups in total. The normalized spacial score (nSPS) is 12.1. The van der Waals surface area contributed by atoms with Crippen LogP contribution in [0.4, 0.5) is 5.69 Å². The van der Waals surface area contributed by atoms with E-state index in [9.17, 15) is 4.79 Å². The van der Waals surface area contributed by atoms with Crippen molar-refractivity contribution in [2.45, 2.75) is 13.5 Å². The predicted octanol–water partition coefficient (Wildman–Crippen LogP) is 2.32. The molecule has 1 unspecified atom stereocenters. The van der Waals surface area contributed by atoms with Crippen LogP contribution in [0.25, 0.3) is 0 Å². The second-order valence-electron chi connectivity index (χ2n) is 4.01. The fourth-order valence-corrected chi connectivity index (χ4v) is 1.83. The molecule has 2 heterocycles. The fraction of sp³-hybridized carbons (Fsp3) is 0.250. The van der Waals surface area contributed by atoms with Crippen LogP contribution in [0.5, 0.6) is 0 Å². The highest BCUT2D eigenvalue weighted by atomic mass is 79.9. The molecule has 0 aliphatic heterocycles. The van der Waals surface area contributed by atoms with Crippen LogP contribution >= 0.6 is 15.9 Å². The standard InChI is InChI=1S/C12H13BrN4O/c1-9(7-17-8-10(13)6-15-17)12(18)16-11-2-4-14-5-3-11/h2-6,8-9H,7H2,1H3,(H,14,16,18). The zero-order valence-corrected chi connectivity index (χ0v) is 11.5. The third-order valence-electron chi connectivity index (χ3n) is 2.46. The first-order chi connectivity index (χ1) is 8.65. The van der Waals surface area contributed by atoms with Gasteiger partial charge in [0, 0.05) is 24.3 Å². The Balaban J connectivity index is 1.93. The highest BCUT2D eigenvalue weighted by Crippen LogP contribution is 2.10. The van der Waals surface area contributed by atoms with E-state index in [0.29, 0.717) is 6.54 Å². The number of carbonyl (C=O) groups excluding carboxylic acids is 1. The molecule has 1 atom stereocenters. The molecule has 0 aliphatic carbocycles. The molecule has 1 amide bonds. The molecule has 0 saturated heterocycles. The Labute approximate surface area is 113 Å². The van der Waals surface area contributed by atoms with Crippen molar-refractivity contribution in [2.75, 3.05) is 5.32 Å². The second-order valence-corrected chi connectivity index (χ2v) is 4.92. The number of halogens is 1. The number of nitrogens with zero attached hydrogens (tertiary/aromatic N) is 3. The van der Waals surface area contributed by atoms with Crippen LogP contribution in [0.2, 0.25) is 0 Å². The number of hydrogen-bond acceptors (Lipinski definition) is 3. The molecule has 0 spiro atoms. The van der Waals surface area contributed by atoms with Gasteiger partial charge >= 0.3 is 0 Å². The van der Waals surface area contributed by atoms with Crippen molar-refractivity contribution in [1.82, 2.24) is 14.8 Å². The number of amides is 1. The van der Waals surface area contributed by atoms with E-state index in [-0.39, 0.29) is 11.8 Å². The summed E-state index contributed by atoms with van der Waals surface area (Å²) in [5, 5.41) is 6.96. The maximum Gasteiger partial charge on any atom is 0.229 e. The monoisotopic (exact) mass is 308 g/mol. The Morgan fingerprint density at radius 1 is 1.50 bits per heavy atom. The van der Waals surface area contributed by atoms with Crippen LogP contribution in [0.1, 0.15) is 6.92 Å². The minimum Gasteiger partial charge on any atom is -0.326 e. The van der Waals surface area contributed by atoms with Gasteiger partial charge in [-0.3, -0.25) is 14.5 Å². The Hall–Kier alpha value is -1.69. The highest BCUT2D eigenvalue weighted by Gasteiger charge is 2.14. The Bertz CT molecular complexity index is 526. The first-order valence-corrected chi connectivity index (χ1v) is 6.33. The Kier molecular flexibility index (Phi) is 4.09. The summed E-state index contributed by atoms with van der Waals surface area (Å²) in [5.41, 5.74) is 0.753. The zero-order valence-electron chi connectivity index (χ0n) is 9.88. The summed E-state index contributed by atoms with van der Waals surface area (Å²) >= 11 is 3.32. The molecule has 18 heavy (non-hydrogen) atoms. The molecule has 5 nitrogen and oxygen atoms in total. The summed E-state index contributed by atoms with van der Waals surface area (Å²) in [6.07, 6.45) is 6.83. The minimum atomic E-state index is -0.162. The van der Waals surface area contributed by atoms with Gasteiger partial charge in [0.05, 0.1) is 23.1 Å². The topological polar surface area (TPSA) is 59.8 Å². The largest absolute Gasteiger partial charge is 0.326 e. The van der Waals surface area contributed by atoms with Crippen LogP contribution in [0.15, 0.2) is 41.4 Å². The van der Waals surface area contributed by atoms with Crippen LogP contribution in [-0.2, 0) is 11.3 Å². The molecule has 2 aromatic rings. The van der Waals surface area contributed by atoms with Gasteiger partial charge in [0.15, 0.2) is 0 Å². The number of carbonyl (C=O) groups is 1. The predicted molar refractivity (Wildman–Crippen MR) is 72.0 cm³/mol. The molecule has 0 radical (unpaired) electrons. The van der Waals surface area contributed by atoms with Crippen molar-refractivity contribution in [2.24, 2.45) is 5.92 Å². The average molecular weight is 309 g/mol. The van der Waals surface area contributed by atoms with E-state index in [1.807, 2.05) is 13.1 Å². The van der Waals surface area contributed by atoms with Crippen molar-refractivity contribution in [3.8, 4) is 0 Å². The molecular weight excluding hydrogens is 296 g/mol. The summed E-state index contributed by atoms with van der Waals surface area (Å²) in [6.45, 7) is 2.41. The van der Waals surface area contributed by atoms with E-state index in [1.54, 1.807) is 35.4 Å². The summed E-state index contributed by atoms with van der Waals surface area (Å²) in [5.74, 6) is -0.196. The van der Waals surface area contributed by atoms with Gasteiger partial charge in [0.25, 0.3) is 0 Å². The maximum atomic E-state index is 11.9. The number of rotatable bonds is 4. The van der Waals surface area contributed by atoms with Gasteiger partial charge in [-0.1, -0.05) is 6.92 Å². The first-order valence-electron chi connectivity index (χ1n) is 5.54. The van der Waals surface area contributed by atoms with Crippen molar-refractivity contribution >= 4 is 27.5 Å². The third kappa shape index (κ3) is 3.40. The first kappa shape index (κ1) is 12.8. The SMILES string of the molecule is CC(Cn1cc(Br)cn1)C(=O)Nc1ccncc1. The van der Waals surface area contributed by atoms with Crippen LogP contribution in [0.3, 0.4) is 0 Å². The average Bonchev–Trinajstić information content (AvgIpc) is 2.76. The number of pyridine rings is 1. The molecule has 0 aromatic carbocycles. The number of hydrogen-bond donors (Lipinski definition) is 1. The van der Waals surface area contributed by atoms with Crippen molar-refractivity contribution in [1.29, 1.82) is 0 Å². The smallest absolute Gasteiger partial charge is 0.229 e. The van der Waals surface area contributed by atoms with Gasteiger partial charge < -0.3 is 5.32 Å². The molecule has 6 heteroatoms. The maximum absolute atomic E-state index is 11.9. The minimum absolute atomic E-state index is 0.0344. The van der Waals surface area contributed by atoms with E-state index >= 15 is 0 Å². The molecule has 0 saturated carbocycles. The van der Waals surface area contributed by atoms with E-state index in [2.05, 4.69) is 31.3 Å². The summed E-state index contributed by atoms with van der Waals surface area (Å²) in [7, 11) is 0. The fourth-order valence-electron chi connectivity index (χ4n) is 1.50. The molecule has 0 fully saturated rings. The summed E-state index contributed by atoms with van der Waals surface area (Å²) < 4.78 is 2.64. The third-order valence-corrected chi connectivity index (χ3v) is 2.87. The molecule has 2 rings (SSSR count). The quantitative estimate of drug-likeness (QED) is 0.943. The molecule has 0 aliphatic rings. The number of aromatic nitrogens is 3. The molecule has 0 bridgehead atoms. The van der Waals surface area contributed by atoms with Crippen molar-refractivity contribution in [3.05, 3.63) is 41.4 Å². The lowest BCUT2D eigenvalue weighted by Gasteiger charge is -2.12. The zero-order chi connectivity index (χ0) is 13.0. The van der Waals surface area contributed by atoms with E-state index in [0.717, 1.165) is 10.2 Å². The van der Waals surface area contributed by atoms with Gasteiger partial charge in [-0.2, -0.15) is 5.10 Å². The molecule has 2 aromatic heterocycles. The van der Waals surface area contributed by atoms with Crippen LogP contribution < -0.4 is 5.32 Å². The van der Waals surface area contributed by atoms with Gasteiger partial charge in [0.1, 0.15) is 0 Å². The summed E-state index contributed by atoms with van der Waals surface area (Å²) in [4.78, 5) is 15.8. The Morgan fingerprint density at radius 3 is 2.83 bits per heavy atom. The van der Waals surface area contributed by atoms with Gasteiger partial charge in [-0.15, -0.1) is 0 Å². The summed E-state index contributed by atoms with van der Waals surface area (Å²) in [6, 6.07) is 3.52. The highest BCUT2D eigenvalue weighted by molar-refractivity contribution is 9.10. The van der Waals surface area contributed by atoms with E-state index in [1.165, 1.54) is 0 Å². The van der Waals surface area contributed by atoms with Gasteiger partial charge in [0.2, 0.25) is 5.91 Å². The number of nitrogens with one attached hydrogen (secondary N) is 1. The molecule has 94 valence electrons. The van der Waals surface area contributed by atoms with Crippen LogP contribution in [0, 0.1) is 5.92 Å². The van der Waals surface area contributed by atoms with Gasteiger partial charge in [-0.05, 0) is 28.1 Å². The lowest BCUT2D eigenvalue weighted by Crippen LogP contribution is -2.24. The Morgan fingerprint density at radius 2 is 2.22 bits per heavy atom. The lowest BCUT2D eigenvalue weighted by atomic mass is 10.1. The van der Waals surface area contributed by atoms with Crippen molar-refractivity contribution in [3.63, 3.8) is 0 Å². The second kappa shape index (κ2) is 5.77. The van der Waals surface area contributed by atoms with E-state index < -0.39 is 0 Å². The number of anilines is 1. The van der Waals surface area contributed by atoms with Gasteiger partial charge in [-0.25, -0.2) is 0 Å². The van der Waals surface area contributed by atoms with Crippen molar-refractivity contribution < 1.29 is 4.79 Å². The van der Waals surface area contributed by atoms with E-state index in [4.69, 9.17) is 0 Å². The molecular formula is C12H13BrN4O. The van der Waals surface area contributed by atoms with Crippen LogP contribution in [-0.4, -0.2) is 20.7 Å².